The van der Waals surface area contributed by atoms with Gasteiger partial charge in [-0.25, -0.2) is 0 Å². The number of carbonyl (C=O) groups excluding carboxylic acids is 2. The van der Waals surface area contributed by atoms with Crippen LogP contribution in [0.5, 0.6) is 5.75 Å². The smallest absolute Gasteiger partial charge is 0.290 e. The molecule has 140 valence electrons. The SMILES string of the molecule is COc1ccc2c(Cl)c(C(=O)NC(=S)NNC(=O)c3cc(C)[nH]n3)sc2c1. The quantitative estimate of drug-likeness (QED) is 0.381. The van der Waals surface area contributed by atoms with E-state index in [1.807, 2.05) is 0 Å². The molecule has 11 heteroatoms. The minimum atomic E-state index is -0.497. The zero-order chi connectivity index (χ0) is 19.6. The fraction of sp³-hybridized carbons (Fsp3) is 0.125. The van der Waals surface area contributed by atoms with E-state index in [4.69, 9.17) is 28.6 Å². The second-order valence-electron chi connectivity index (χ2n) is 5.41. The maximum Gasteiger partial charge on any atom is 0.290 e. The molecular weight excluding hydrogens is 410 g/mol. The van der Waals surface area contributed by atoms with Crippen molar-refractivity contribution in [3.8, 4) is 5.75 Å². The molecule has 0 saturated carbocycles. The van der Waals surface area contributed by atoms with Crippen molar-refractivity contribution in [2.75, 3.05) is 7.11 Å². The Labute approximate surface area is 168 Å². The first kappa shape index (κ1) is 19.1. The number of halogens is 1. The second-order valence-corrected chi connectivity index (χ2v) is 7.24. The molecule has 2 amide bonds. The van der Waals surface area contributed by atoms with Gasteiger partial charge >= 0.3 is 0 Å². The van der Waals surface area contributed by atoms with Gasteiger partial charge in [-0.2, -0.15) is 5.10 Å². The molecule has 2 aromatic heterocycles. The number of nitrogens with one attached hydrogen (secondary N) is 4. The van der Waals surface area contributed by atoms with Gasteiger partial charge in [0.1, 0.15) is 10.6 Å². The number of ether oxygens (including phenoxy) is 1. The molecule has 27 heavy (non-hydrogen) atoms. The van der Waals surface area contributed by atoms with E-state index in [2.05, 4.69) is 26.4 Å². The summed E-state index contributed by atoms with van der Waals surface area (Å²) in [5.41, 5.74) is 5.73. The van der Waals surface area contributed by atoms with Gasteiger partial charge in [0.2, 0.25) is 0 Å². The van der Waals surface area contributed by atoms with E-state index in [1.54, 1.807) is 38.3 Å². The Balaban J connectivity index is 1.64. The van der Waals surface area contributed by atoms with Crippen LogP contribution >= 0.6 is 35.2 Å². The highest BCUT2D eigenvalue weighted by Crippen LogP contribution is 2.37. The third-order valence-corrected chi connectivity index (χ3v) is 5.36. The van der Waals surface area contributed by atoms with E-state index >= 15 is 0 Å². The highest BCUT2D eigenvalue weighted by atomic mass is 35.5. The standard InChI is InChI=1S/C16H14ClN5O3S2/c1-7-5-10(20-19-7)14(23)21-22-16(26)18-15(24)13-12(17)9-4-3-8(25-2)6-11(9)27-13/h3-6H,1-2H3,(H,19,20)(H,21,23)(H2,18,22,24,26). The van der Waals surface area contributed by atoms with Crippen LogP contribution in [0.25, 0.3) is 10.1 Å². The topological polar surface area (TPSA) is 108 Å². The zero-order valence-corrected chi connectivity index (χ0v) is 16.6. The highest BCUT2D eigenvalue weighted by Gasteiger charge is 2.19. The van der Waals surface area contributed by atoms with Crippen molar-refractivity contribution in [1.82, 2.24) is 26.4 Å². The number of amides is 2. The fourth-order valence-electron chi connectivity index (χ4n) is 2.22. The molecule has 0 atom stereocenters. The summed E-state index contributed by atoms with van der Waals surface area (Å²) in [7, 11) is 1.56. The lowest BCUT2D eigenvalue weighted by Gasteiger charge is -2.09. The normalized spacial score (nSPS) is 10.5. The van der Waals surface area contributed by atoms with Crippen molar-refractivity contribution in [3.05, 3.63) is 45.6 Å². The Morgan fingerprint density at radius 3 is 2.70 bits per heavy atom. The number of thiophene rings is 1. The second kappa shape index (κ2) is 7.91. The van der Waals surface area contributed by atoms with E-state index in [9.17, 15) is 9.59 Å². The van der Waals surface area contributed by atoms with E-state index in [0.717, 1.165) is 15.8 Å². The number of fused-ring (bicyclic) bond motifs is 1. The minimum absolute atomic E-state index is 0.0771. The number of aromatic amines is 1. The molecule has 4 N–H and O–H groups in total. The van der Waals surface area contributed by atoms with Gasteiger partial charge in [-0.05, 0) is 43.4 Å². The predicted molar refractivity (Wildman–Crippen MR) is 107 cm³/mol. The van der Waals surface area contributed by atoms with Crippen molar-refractivity contribution >= 4 is 62.2 Å². The highest BCUT2D eigenvalue weighted by molar-refractivity contribution is 7.80. The lowest BCUT2D eigenvalue weighted by molar-refractivity contribution is 0.0931. The van der Waals surface area contributed by atoms with Crippen LogP contribution in [0, 0.1) is 6.92 Å². The molecule has 0 bridgehead atoms. The lowest BCUT2D eigenvalue weighted by atomic mass is 10.2. The summed E-state index contributed by atoms with van der Waals surface area (Å²) in [6, 6.07) is 6.92. The summed E-state index contributed by atoms with van der Waals surface area (Å²) in [5.74, 6) is -0.314. The first-order chi connectivity index (χ1) is 12.9. The Kier molecular flexibility index (Phi) is 5.59. The third kappa shape index (κ3) is 4.18. The van der Waals surface area contributed by atoms with Crippen molar-refractivity contribution in [1.29, 1.82) is 0 Å². The summed E-state index contributed by atoms with van der Waals surface area (Å²) < 4.78 is 5.98. The molecule has 0 radical (unpaired) electrons. The predicted octanol–water partition coefficient (Wildman–Crippen LogP) is 2.54. The molecule has 2 heterocycles. The van der Waals surface area contributed by atoms with Gasteiger partial charge in [-0.3, -0.25) is 30.9 Å². The minimum Gasteiger partial charge on any atom is -0.497 e. The molecule has 0 unspecified atom stereocenters. The molecule has 3 aromatic rings. The summed E-state index contributed by atoms with van der Waals surface area (Å²) in [6.07, 6.45) is 0. The van der Waals surface area contributed by atoms with E-state index in [-0.39, 0.29) is 10.8 Å². The summed E-state index contributed by atoms with van der Waals surface area (Å²) in [4.78, 5) is 24.6. The molecular formula is C16H14ClN5O3S2. The molecule has 0 spiro atoms. The number of aryl methyl sites for hydroxylation is 1. The van der Waals surface area contributed by atoms with E-state index < -0.39 is 11.8 Å². The Morgan fingerprint density at radius 1 is 1.26 bits per heavy atom. The summed E-state index contributed by atoms with van der Waals surface area (Å²) in [5, 5.41) is 9.94. The first-order valence-electron chi connectivity index (χ1n) is 7.58. The number of aromatic nitrogens is 2. The van der Waals surface area contributed by atoms with Gasteiger partial charge < -0.3 is 4.74 Å². The zero-order valence-electron chi connectivity index (χ0n) is 14.2. The number of hydrazine groups is 1. The molecule has 0 aliphatic carbocycles. The van der Waals surface area contributed by atoms with Crippen LogP contribution < -0.4 is 20.9 Å². The average molecular weight is 424 g/mol. The van der Waals surface area contributed by atoms with Gasteiger partial charge in [-0.1, -0.05) is 11.6 Å². The number of rotatable bonds is 3. The van der Waals surface area contributed by atoms with Crippen LogP contribution in [0.3, 0.4) is 0 Å². The number of carbonyl (C=O) groups is 2. The van der Waals surface area contributed by atoms with Gasteiger partial charge in [0, 0.05) is 15.8 Å². The van der Waals surface area contributed by atoms with Crippen LogP contribution in [0.15, 0.2) is 24.3 Å². The molecule has 0 saturated heterocycles. The first-order valence-corrected chi connectivity index (χ1v) is 9.19. The molecule has 8 nitrogen and oxygen atoms in total. The number of H-pyrrole nitrogens is 1. The number of nitrogens with zero attached hydrogens (tertiary/aromatic N) is 1. The Morgan fingerprint density at radius 2 is 2.04 bits per heavy atom. The Bertz CT molecular complexity index is 1050. The molecule has 0 aliphatic heterocycles. The van der Waals surface area contributed by atoms with Crippen LogP contribution in [0.4, 0.5) is 0 Å². The van der Waals surface area contributed by atoms with Gasteiger partial charge in [-0.15, -0.1) is 11.3 Å². The number of methoxy groups -OCH3 is 1. The Hall–Kier alpha value is -2.69. The fourth-order valence-corrected chi connectivity index (χ4v) is 3.81. The van der Waals surface area contributed by atoms with Crippen LogP contribution in [-0.4, -0.2) is 34.2 Å². The molecule has 1 aromatic carbocycles. The lowest BCUT2D eigenvalue weighted by Crippen LogP contribution is -2.48. The number of hydrogen-bond acceptors (Lipinski definition) is 6. The largest absolute Gasteiger partial charge is 0.497 e. The van der Waals surface area contributed by atoms with Crippen molar-refractivity contribution < 1.29 is 14.3 Å². The molecule has 3 rings (SSSR count). The number of hydrogen-bond donors (Lipinski definition) is 4. The van der Waals surface area contributed by atoms with Gasteiger partial charge in [0.05, 0.1) is 12.1 Å². The van der Waals surface area contributed by atoms with Gasteiger partial charge in [0.25, 0.3) is 11.8 Å². The van der Waals surface area contributed by atoms with E-state index in [0.29, 0.717) is 15.6 Å². The third-order valence-electron chi connectivity index (χ3n) is 3.50. The van der Waals surface area contributed by atoms with Crippen LogP contribution in [0.2, 0.25) is 5.02 Å². The summed E-state index contributed by atoms with van der Waals surface area (Å²) >= 11 is 12.5. The summed E-state index contributed by atoms with van der Waals surface area (Å²) in [6.45, 7) is 1.77. The molecule has 0 aliphatic rings. The molecule has 0 fully saturated rings. The monoisotopic (exact) mass is 423 g/mol. The van der Waals surface area contributed by atoms with Crippen LogP contribution in [0.1, 0.15) is 25.9 Å². The van der Waals surface area contributed by atoms with Crippen molar-refractivity contribution in [3.63, 3.8) is 0 Å². The number of benzene rings is 1. The average Bonchev–Trinajstić information content (AvgIpc) is 3.23. The van der Waals surface area contributed by atoms with Crippen molar-refractivity contribution in [2.45, 2.75) is 6.92 Å². The van der Waals surface area contributed by atoms with E-state index in [1.165, 1.54) is 11.3 Å². The van der Waals surface area contributed by atoms with Crippen molar-refractivity contribution in [2.24, 2.45) is 0 Å². The van der Waals surface area contributed by atoms with Gasteiger partial charge in [0.15, 0.2) is 10.8 Å². The van der Waals surface area contributed by atoms with Crippen LogP contribution in [-0.2, 0) is 0 Å². The maximum absolute atomic E-state index is 12.4. The number of thiocarbonyl (C=S) groups is 1. The maximum atomic E-state index is 12.4.